The van der Waals surface area contributed by atoms with Gasteiger partial charge in [-0.15, -0.1) is 5.10 Å². The Morgan fingerprint density at radius 2 is 2.00 bits per heavy atom. The Kier molecular flexibility index (Phi) is 5.87. The lowest BCUT2D eigenvalue weighted by molar-refractivity contribution is 0.0710. The number of aromatic hydroxyl groups is 1. The fraction of sp³-hybridized carbons (Fsp3) is 0.450. The minimum absolute atomic E-state index is 0.0247. The van der Waals surface area contributed by atoms with Crippen LogP contribution in [0.3, 0.4) is 0 Å². The van der Waals surface area contributed by atoms with Crippen LogP contribution in [0.25, 0.3) is 4.96 Å². The number of nitrogens with zero attached hydrogens (tertiary/aromatic N) is 5. The molecular weight excluding hydrogens is 409 g/mol. The van der Waals surface area contributed by atoms with Gasteiger partial charge in [0.2, 0.25) is 10.8 Å². The van der Waals surface area contributed by atoms with Gasteiger partial charge >= 0.3 is 6.09 Å². The molecule has 4 rings (SSSR count). The number of carbonyl (C=O) groups is 1. The first-order valence-corrected chi connectivity index (χ1v) is 10.8. The molecule has 1 aliphatic heterocycles. The third-order valence-corrected chi connectivity index (χ3v) is 6.29. The maximum atomic E-state index is 14.8. The molecule has 0 unspecified atom stereocenters. The molecule has 1 atom stereocenters. The van der Waals surface area contributed by atoms with E-state index < -0.39 is 6.04 Å². The minimum atomic E-state index is -0.505. The Morgan fingerprint density at radius 1 is 1.27 bits per heavy atom. The molecule has 2 aromatic heterocycles. The average molecular weight is 434 g/mol. The highest BCUT2D eigenvalue weighted by molar-refractivity contribution is 7.17. The zero-order chi connectivity index (χ0) is 21.3. The van der Waals surface area contributed by atoms with Crippen LogP contribution >= 0.6 is 11.3 Å². The van der Waals surface area contributed by atoms with E-state index in [1.807, 2.05) is 6.92 Å². The molecule has 0 bridgehead atoms. The van der Waals surface area contributed by atoms with Crippen molar-refractivity contribution in [2.45, 2.75) is 26.3 Å². The molecule has 1 aromatic carbocycles. The summed E-state index contributed by atoms with van der Waals surface area (Å²) in [6.07, 6.45) is 0.323. The van der Waals surface area contributed by atoms with E-state index in [1.54, 1.807) is 30.0 Å². The van der Waals surface area contributed by atoms with Crippen molar-refractivity contribution in [3.05, 3.63) is 46.3 Å². The number of carbonyl (C=O) groups excluding carboxylic acids is 1. The van der Waals surface area contributed by atoms with E-state index >= 15 is 0 Å². The number of thiazole rings is 1. The minimum Gasteiger partial charge on any atom is -0.492 e. The van der Waals surface area contributed by atoms with E-state index in [2.05, 4.69) is 15.0 Å². The first-order chi connectivity index (χ1) is 14.5. The molecule has 0 radical (unpaired) electrons. The van der Waals surface area contributed by atoms with Crippen molar-refractivity contribution < 1.29 is 19.0 Å². The van der Waals surface area contributed by atoms with Crippen LogP contribution in [0.1, 0.15) is 36.2 Å². The molecule has 30 heavy (non-hydrogen) atoms. The van der Waals surface area contributed by atoms with Crippen LogP contribution < -0.4 is 0 Å². The molecule has 0 spiro atoms. The van der Waals surface area contributed by atoms with Gasteiger partial charge in [0.1, 0.15) is 5.82 Å². The summed E-state index contributed by atoms with van der Waals surface area (Å²) < 4.78 is 21.3. The second-order valence-electron chi connectivity index (χ2n) is 7.01. The van der Waals surface area contributed by atoms with E-state index in [0.29, 0.717) is 60.4 Å². The molecule has 10 heteroatoms. The van der Waals surface area contributed by atoms with Crippen LogP contribution in [0.2, 0.25) is 0 Å². The number of piperazine rings is 1. The normalized spacial score (nSPS) is 16.2. The van der Waals surface area contributed by atoms with Crippen LogP contribution in [0.4, 0.5) is 9.18 Å². The van der Waals surface area contributed by atoms with E-state index in [4.69, 9.17) is 4.74 Å². The van der Waals surface area contributed by atoms with Crippen molar-refractivity contribution in [1.82, 2.24) is 24.4 Å². The highest BCUT2D eigenvalue weighted by Crippen LogP contribution is 2.41. The van der Waals surface area contributed by atoms with E-state index in [-0.39, 0.29) is 17.8 Å². The molecule has 1 amide bonds. The molecule has 160 valence electrons. The van der Waals surface area contributed by atoms with Gasteiger partial charge in [-0.2, -0.15) is 4.52 Å². The van der Waals surface area contributed by atoms with Gasteiger partial charge in [-0.05, 0) is 13.0 Å². The molecular formula is C20H24FN5O3S. The number of aromatic nitrogens is 3. The fourth-order valence-electron chi connectivity index (χ4n) is 3.70. The predicted molar refractivity (Wildman–Crippen MR) is 110 cm³/mol. The van der Waals surface area contributed by atoms with Crippen molar-refractivity contribution in [2.75, 3.05) is 32.8 Å². The Morgan fingerprint density at radius 3 is 2.63 bits per heavy atom. The summed E-state index contributed by atoms with van der Waals surface area (Å²) in [4.78, 5) is 21.4. The maximum Gasteiger partial charge on any atom is 0.409 e. The number of amides is 1. The summed E-state index contributed by atoms with van der Waals surface area (Å²) in [5, 5.41) is 15.2. The number of ether oxygens (including phenoxy) is 1. The lowest BCUT2D eigenvalue weighted by Crippen LogP contribution is -2.50. The average Bonchev–Trinajstić information content (AvgIpc) is 3.29. The SMILES string of the molecule is CCOC(=O)N1CCN([C@@H](c2ccccc2F)c2sc3nc(CC)nn3c2O)CC1. The van der Waals surface area contributed by atoms with Gasteiger partial charge in [0.15, 0.2) is 5.82 Å². The molecule has 3 heterocycles. The zero-order valence-electron chi connectivity index (χ0n) is 16.9. The highest BCUT2D eigenvalue weighted by Gasteiger charge is 2.34. The summed E-state index contributed by atoms with van der Waals surface area (Å²) >= 11 is 1.31. The number of rotatable bonds is 5. The molecule has 1 saturated heterocycles. The predicted octanol–water partition coefficient (Wildman–Crippen LogP) is 3.06. The van der Waals surface area contributed by atoms with Gasteiger partial charge in [-0.1, -0.05) is 36.5 Å². The summed E-state index contributed by atoms with van der Waals surface area (Å²) in [5.74, 6) is 0.278. The Labute approximate surface area is 177 Å². The molecule has 0 aliphatic carbocycles. The van der Waals surface area contributed by atoms with E-state index in [9.17, 15) is 14.3 Å². The number of hydrogen-bond donors (Lipinski definition) is 1. The van der Waals surface area contributed by atoms with Gasteiger partial charge < -0.3 is 14.7 Å². The van der Waals surface area contributed by atoms with Crippen molar-refractivity contribution in [3.8, 4) is 5.88 Å². The second-order valence-corrected chi connectivity index (χ2v) is 8.02. The molecule has 1 fully saturated rings. The van der Waals surface area contributed by atoms with Crippen molar-refractivity contribution >= 4 is 22.4 Å². The van der Waals surface area contributed by atoms with Gasteiger partial charge in [0.05, 0.1) is 17.5 Å². The van der Waals surface area contributed by atoms with E-state index in [1.165, 1.54) is 21.9 Å². The zero-order valence-corrected chi connectivity index (χ0v) is 17.7. The van der Waals surface area contributed by atoms with Crippen LogP contribution in [0.15, 0.2) is 24.3 Å². The second kappa shape index (κ2) is 8.57. The number of aryl methyl sites for hydroxylation is 1. The fourth-order valence-corrected chi connectivity index (χ4v) is 4.82. The van der Waals surface area contributed by atoms with Crippen LogP contribution in [-0.2, 0) is 11.2 Å². The number of fused-ring (bicyclic) bond motifs is 1. The smallest absolute Gasteiger partial charge is 0.409 e. The standard InChI is InChI=1S/C20H24FN5O3S/c1-3-15-22-19-26(23-15)18(27)17(30-19)16(13-7-5-6-8-14(13)21)24-9-11-25(12-10-24)20(28)29-4-2/h5-8,16,27H,3-4,9-12H2,1-2H3/t16-/m0/s1. The summed E-state index contributed by atoms with van der Waals surface area (Å²) in [6.45, 7) is 6.01. The van der Waals surface area contributed by atoms with Gasteiger partial charge in [-0.25, -0.2) is 14.2 Å². The molecule has 1 N–H and O–H groups in total. The van der Waals surface area contributed by atoms with Gasteiger partial charge in [-0.3, -0.25) is 4.90 Å². The number of benzene rings is 1. The largest absolute Gasteiger partial charge is 0.492 e. The third kappa shape index (κ3) is 3.72. The lowest BCUT2D eigenvalue weighted by Gasteiger charge is -2.38. The molecule has 3 aromatic rings. The summed E-state index contributed by atoms with van der Waals surface area (Å²) in [5.41, 5.74) is 0.470. The van der Waals surface area contributed by atoms with Gasteiger partial charge in [0.25, 0.3) is 0 Å². The summed E-state index contributed by atoms with van der Waals surface area (Å²) in [7, 11) is 0. The first-order valence-electron chi connectivity index (χ1n) is 10.0. The van der Waals surface area contributed by atoms with E-state index in [0.717, 1.165) is 0 Å². The summed E-state index contributed by atoms with van der Waals surface area (Å²) in [6, 6.07) is 6.06. The molecule has 0 saturated carbocycles. The Hall–Kier alpha value is -2.72. The van der Waals surface area contributed by atoms with Crippen LogP contribution in [0.5, 0.6) is 5.88 Å². The quantitative estimate of drug-likeness (QED) is 0.666. The number of hydrogen-bond acceptors (Lipinski definition) is 7. The van der Waals surface area contributed by atoms with Crippen molar-refractivity contribution in [3.63, 3.8) is 0 Å². The van der Waals surface area contributed by atoms with Gasteiger partial charge in [0, 0.05) is 38.2 Å². The Balaban J connectivity index is 1.69. The van der Waals surface area contributed by atoms with Crippen LogP contribution in [0, 0.1) is 5.82 Å². The van der Waals surface area contributed by atoms with Crippen molar-refractivity contribution in [1.29, 1.82) is 0 Å². The third-order valence-electron chi connectivity index (χ3n) is 5.21. The Bertz CT molecular complexity index is 1040. The molecule has 8 nitrogen and oxygen atoms in total. The maximum absolute atomic E-state index is 14.8. The monoisotopic (exact) mass is 433 g/mol. The lowest BCUT2D eigenvalue weighted by atomic mass is 10.0. The van der Waals surface area contributed by atoms with Crippen LogP contribution in [-0.4, -0.2) is 68.4 Å². The van der Waals surface area contributed by atoms with Crippen molar-refractivity contribution in [2.24, 2.45) is 0 Å². The number of halogens is 1. The highest BCUT2D eigenvalue weighted by atomic mass is 32.1. The molecule has 1 aliphatic rings. The first kappa shape index (κ1) is 20.5. The topological polar surface area (TPSA) is 83.2 Å².